The Morgan fingerprint density at radius 2 is 1.93 bits per heavy atom. The van der Waals surface area contributed by atoms with Crippen LogP contribution in [0.15, 0.2) is 48.5 Å². The molecule has 30 heavy (non-hydrogen) atoms. The average Bonchev–Trinajstić information content (AvgIpc) is 3.35. The van der Waals surface area contributed by atoms with E-state index in [0.717, 1.165) is 29.1 Å². The Labute approximate surface area is 175 Å². The van der Waals surface area contributed by atoms with Gasteiger partial charge in [0.05, 0.1) is 12.2 Å². The van der Waals surface area contributed by atoms with E-state index in [-0.39, 0.29) is 6.04 Å². The fourth-order valence-electron chi connectivity index (χ4n) is 4.29. The number of hydrogen-bond donors (Lipinski definition) is 3. The van der Waals surface area contributed by atoms with Crippen molar-refractivity contribution in [3.8, 4) is 5.88 Å². The third-order valence-corrected chi connectivity index (χ3v) is 5.73. The van der Waals surface area contributed by atoms with Crippen molar-refractivity contribution in [2.45, 2.75) is 32.4 Å². The van der Waals surface area contributed by atoms with Crippen molar-refractivity contribution in [1.82, 2.24) is 9.97 Å². The van der Waals surface area contributed by atoms with Gasteiger partial charge in [0.25, 0.3) is 0 Å². The van der Waals surface area contributed by atoms with Gasteiger partial charge in [0.1, 0.15) is 5.82 Å². The monoisotopic (exact) mass is 402 g/mol. The van der Waals surface area contributed by atoms with Crippen LogP contribution >= 0.6 is 0 Å². The summed E-state index contributed by atoms with van der Waals surface area (Å²) in [5.74, 6) is 1.96. The topological polar surface area (TPSA) is 90.7 Å². The van der Waals surface area contributed by atoms with Gasteiger partial charge in [0.2, 0.25) is 11.8 Å². The van der Waals surface area contributed by atoms with Crippen LogP contribution in [0.2, 0.25) is 0 Å². The zero-order valence-corrected chi connectivity index (χ0v) is 16.7. The third kappa shape index (κ3) is 3.28. The first-order chi connectivity index (χ1) is 14.6. The summed E-state index contributed by atoms with van der Waals surface area (Å²) in [7, 11) is -1.50. The van der Waals surface area contributed by atoms with Gasteiger partial charge in [-0.05, 0) is 36.0 Å². The van der Waals surface area contributed by atoms with E-state index < -0.39 is 7.12 Å². The molecule has 3 N–H and O–H groups in total. The lowest BCUT2D eigenvalue weighted by molar-refractivity contribution is 0.344. The molecular weight excluding hydrogens is 379 g/mol. The summed E-state index contributed by atoms with van der Waals surface area (Å²) in [4.78, 5) is 11.6. The summed E-state index contributed by atoms with van der Waals surface area (Å²) >= 11 is 0. The molecule has 3 heterocycles. The standard InChI is InChI=1S/C22H23BN4O3/c1-14-12-17-18(23(28)29)8-5-9-19(17)27(14)22-25-20(16-10-11-30-21(16)26-22)24-13-15-6-3-2-4-7-15/h2-9,14,28-29H,10-13H2,1H3,(H,24,25,26). The molecule has 2 aliphatic heterocycles. The molecular formula is C22H23BN4O3. The number of ether oxygens (including phenoxy) is 1. The Morgan fingerprint density at radius 1 is 1.10 bits per heavy atom. The Kier molecular flexibility index (Phi) is 4.80. The zero-order chi connectivity index (χ0) is 20.7. The predicted octanol–water partition coefficient (Wildman–Crippen LogP) is 1.79. The van der Waals surface area contributed by atoms with E-state index >= 15 is 0 Å². The summed E-state index contributed by atoms with van der Waals surface area (Å²) in [5, 5.41) is 23.0. The summed E-state index contributed by atoms with van der Waals surface area (Å²) in [5.41, 5.74) is 4.53. The van der Waals surface area contributed by atoms with E-state index in [0.29, 0.717) is 36.9 Å². The van der Waals surface area contributed by atoms with Crippen LogP contribution in [-0.4, -0.2) is 39.8 Å². The van der Waals surface area contributed by atoms with Crippen molar-refractivity contribution >= 4 is 30.0 Å². The van der Waals surface area contributed by atoms with Crippen LogP contribution in [0.3, 0.4) is 0 Å². The number of benzene rings is 2. The maximum atomic E-state index is 9.76. The highest BCUT2D eigenvalue weighted by atomic mass is 16.5. The van der Waals surface area contributed by atoms with Crippen molar-refractivity contribution in [3.05, 3.63) is 65.2 Å². The minimum Gasteiger partial charge on any atom is -0.477 e. The molecule has 0 aliphatic carbocycles. The number of fused-ring (bicyclic) bond motifs is 2. The molecule has 2 aromatic carbocycles. The maximum Gasteiger partial charge on any atom is 0.488 e. The molecule has 0 spiro atoms. The van der Waals surface area contributed by atoms with Crippen LogP contribution in [0.1, 0.15) is 23.6 Å². The first kappa shape index (κ1) is 18.9. The van der Waals surface area contributed by atoms with Crippen molar-refractivity contribution in [1.29, 1.82) is 0 Å². The van der Waals surface area contributed by atoms with Crippen LogP contribution in [0.25, 0.3) is 0 Å². The Balaban J connectivity index is 1.52. The second-order valence-electron chi connectivity index (χ2n) is 7.74. The third-order valence-electron chi connectivity index (χ3n) is 5.73. The second-order valence-corrected chi connectivity index (χ2v) is 7.74. The molecule has 0 amide bonds. The molecule has 1 unspecified atom stereocenters. The largest absolute Gasteiger partial charge is 0.488 e. The smallest absolute Gasteiger partial charge is 0.477 e. The van der Waals surface area contributed by atoms with Crippen molar-refractivity contribution in [3.63, 3.8) is 0 Å². The average molecular weight is 402 g/mol. The van der Waals surface area contributed by atoms with E-state index in [1.165, 1.54) is 5.56 Å². The Morgan fingerprint density at radius 3 is 2.73 bits per heavy atom. The number of anilines is 3. The number of rotatable bonds is 5. The van der Waals surface area contributed by atoms with E-state index in [2.05, 4.69) is 29.3 Å². The van der Waals surface area contributed by atoms with E-state index in [4.69, 9.17) is 14.7 Å². The van der Waals surface area contributed by atoms with Gasteiger partial charge < -0.3 is 25.0 Å². The van der Waals surface area contributed by atoms with Gasteiger partial charge in [-0.2, -0.15) is 9.97 Å². The summed E-state index contributed by atoms with van der Waals surface area (Å²) in [6.07, 6.45) is 1.47. The molecule has 8 heteroatoms. The molecule has 1 aromatic heterocycles. The van der Waals surface area contributed by atoms with Crippen LogP contribution in [0.5, 0.6) is 5.88 Å². The molecule has 0 radical (unpaired) electrons. The van der Waals surface area contributed by atoms with Crippen LogP contribution < -0.4 is 20.4 Å². The summed E-state index contributed by atoms with van der Waals surface area (Å²) in [6.45, 7) is 3.35. The molecule has 3 aromatic rings. The summed E-state index contributed by atoms with van der Waals surface area (Å²) < 4.78 is 5.78. The van der Waals surface area contributed by atoms with Crippen molar-refractivity contribution in [2.24, 2.45) is 0 Å². The van der Waals surface area contributed by atoms with E-state index in [1.807, 2.05) is 30.3 Å². The second kappa shape index (κ2) is 7.62. The molecule has 5 rings (SSSR count). The first-order valence-corrected chi connectivity index (χ1v) is 10.2. The maximum absolute atomic E-state index is 9.76. The van der Waals surface area contributed by atoms with Crippen molar-refractivity contribution in [2.75, 3.05) is 16.8 Å². The fraction of sp³-hybridized carbons (Fsp3) is 0.273. The molecule has 152 valence electrons. The van der Waals surface area contributed by atoms with E-state index in [1.54, 1.807) is 6.07 Å². The Bertz CT molecular complexity index is 1080. The highest BCUT2D eigenvalue weighted by Gasteiger charge is 2.34. The Hall–Kier alpha value is -3.10. The molecule has 0 fully saturated rings. The quantitative estimate of drug-likeness (QED) is 0.561. The number of nitrogens with zero attached hydrogens (tertiary/aromatic N) is 3. The van der Waals surface area contributed by atoms with Crippen molar-refractivity contribution < 1.29 is 14.8 Å². The molecule has 1 atom stereocenters. The van der Waals surface area contributed by atoms with Crippen LogP contribution in [-0.2, 0) is 19.4 Å². The highest BCUT2D eigenvalue weighted by molar-refractivity contribution is 6.59. The first-order valence-electron chi connectivity index (χ1n) is 10.2. The molecule has 0 bridgehead atoms. The SMILES string of the molecule is CC1Cc2c(B(O)O)cccc2N1c1nc(NCc2ccccc2)c2c(n1)OCC2. The predicted molar refractivity (Wildman–Crippen MR) is 117 cm³/mol. The van der Waals surface area contributed by atoms with Gasteiger partial charge >= 0.3 is 7.12 Å². The van der Waals surface area contributed by atoms with Crippen LogP contribution in [0.4, 0.5) is 17.5 Å². The van der Waals surface area contributed by atoms with Gasteiger partial charge in [0, 0.05) is 24.7 Å². The molecule has 7 nitrogen and oxygen atoms in total. The minimum atomic E-state index is -1.50. The molecule has 0 saturated carbocycles. The van der Waals surface area contributed by atoms with Gasteiger partial charge in [-0.1, -0.05) is 42.5 Å². The summed E-state index contributed by atoms with van der Waals surface area (Å²) in [6, 6.07) is 15.8. The number of aromatic nitrogens is 2. The molecule has 2 aliphatic rings. The zero-order valence-electron chi connectivity index (χ0n) is 16.7. The van der Waals surface area contributed by atoms with Gasteiger partial charge in [-0.25, -0.2) is 0 Å². The highest BCUT2D eigenvalue weighted by Crippen LogP contribution is 2.39. The minimum absolute atomic E-state index is 0.0846. The lowest BCUT2D eigenvalue weighted by atomic mass is 9.76. The van der Waals surface area contributed by atoms with E-state index in [9.17, 15) is 10.0 Å². The number of nitrogens with one attached hydrogen (secondary N) is 1. The molecule has 0 saturated heterocycles. The number of hydrogen-bond acceptors (Lipinski definition) is 7. The van der Waals surface area contributed by atoms with Gasteiger partial charge in [-0.15, -0.1) is 0 Å². The fourth-order valence-corrected chi connectivity index (χ4v) is 4.29. The van der Waals surface area contributed by atoms with Crippen LogP contribution in [0, 0.1) is 0 Å². The van der Waals surface area contributed by atoms with Gasteiger partial charge in [0.15, 0.2) is 0 Å². The lowest BCUT2D eigenvalue weighted by Crippen LogP contribution is -2.32. The normalized spacial score (nSPS) is 16.8. The lowest BCUT2D eigenvalue weighted by Gasteiger charge is -2.24. The van der Waals surface area contributed by atoms with Gasteiger partial charge in [-0.3, -0.25) is 0 Å².